The van der Waals surface area contributed by atoms with Crippen molar-refractivity contribution in [2.75, 3.05) is 0 Å². The van der Waals surface area contributed by atoms with Crippen molar-refractivity contribution in [1.82, 2.24) is 24.1 Å². The van der Waals surface area contributed by atoms with Gasteiger partial charge in [-0.1, -0.05) is 165 Å². The molecule has 0 fully saturated rings. The monoisotopic (exact) mass is 1290 g/mol. The van der Waals surface area contributed by atoms with Gasteiger partial charge in [0.2, 0.25) is 0 Å². The average molecular weight is 1290 g/mol. The number of nitrogens with zero attached hydrogens (tertiary/aromatic N) is 5. The van der Waals surface area contributed by atoms with Crippen molar-refractivity contribution in [1.29, 1.82) is 0 Å². The summed E-state index contributed by atoms with van der Waals surface area (Å²) in [5.41, 5.74) is 18.4. The van der Waals surface area contributed by atoms with Gasteiger partial charge in [-0.25, -0.2) is 0 Å². The molecule has 14 rings (SSSR count). The van der Waals surface area contributed by atoms with Crippen molar-refractivity contribution in [3.8, 4) is 56.3 Å². The number of para-hydroxylation sites is 3. The van der Waals surface area contributed by atoms with Crippen LogP contribution in [0, 0.1) is 18.2 Å². The Kier molecular flexibility index (Phi) is 22.2. The van der Waals surface area contributed by atoms with Gasteiger partial charge in [0.15, 0.2) is 0 Å². The van der Waals surface area contributed by atoms with Gasteiger partial charge in [-0.2, -0.15) is 0 Å². The van der Waals surface area contributed by atoms with Gasteiger partial charge < -0.3 is 24.1 Å². The molecule has 0 radical (unpaired) electrons. The van der Waals surface area contributed by atoms with Crippen LogP contribution in [-0.4, -0.2) is 24.1 Å². The maximum atomic E-state index is 4.56. The van der Waals surface area contributed by atoms with Gasteiger partial charge in [-0.15, -0.1) is 107 Å². The third-order valence-corrected chi connectivity index (χ3v) is 15.1. The van der Waals surface area contributed by atoms with Crippen molar-refractivity contribution in [2.45, 2.75) is 68.2 Å². The molecule has 85 heavy (non-hydrogen) atoms. The van der Waals surface area contributed by atoms with Crippen LogP contribution >= 0.6 is 0 Å². The summed E-state index contributed by atoms with van der Waals surface area (Å²) in [7, 11) is 0. The van der Waals surface area contributed by atoms with Gasteiger partial charge in [0.05, 0.1) is 22.1 Å². The first-order valence-corrected chi connectivity index (χ1v) is 27.5. The van der Waals surface area contributed by atoms with E-state index in [4.69, 9.17) is 0 Å². The van der Waals surface area contributed by atoms with E-state index in [1.54, 1.807) is 12.4 Å². The predicted molar refractivity (Wildman–Crippen MR) is 359 cm³/mol. The van der Waals surface area contributed by atoms with E-state index in [0.717, 1.165) is 46.6 Å². The summed E-state index contributed by atoms with van der Waals surface area (Å²) in [4.78, 5) is 13.0. The molecule has 0 aliphatic heterocycles. The molecule has 0 N–H and O–H groups in total. The van der Waals surface area contributed by atoms with Crippen LogP contribution in [-0.2, 0) is 20.1 Å². The van der Waals surface area contributed by atoms with Crippen LogP contribution in [0.1, 0.15) is 79.4 Å². The number of rotatable bonds is 11. The van der Waals surface area contributed by atoms with E-state index < -0.39 is 0 Å². The van der Waals surface area contributed by atoms with Crippen molar-refractivity contribution in [3.05, 3.63) is 309 Å². The topological polar surface area (TPSA) is 48.5 Å². The van der Waals surface area contributed by atoms with Gasteiger partial charge in [0.1, 0.15) is 0 Å². The molecule has 2 atom stereocenters. The molecule has 0 bridgehead atoms. The Morgan fingerprint density at radius 2 is 0.765 bits per heavy atom. The van der Waals surface area contributed by atoms with Gasteiger partial charge in [-0.3, -0.25) is 0 Å². The Morgan fingerprint density at radius 3 is 1.19 bits per heavy atom. The maximum Gasteiger partial charge on any atom is 3.00 e. The second kappa shape index (κ2) is 29.8. The normalized spacial score (nSPS) is 11.2. The smallest absolute Gasteiger partial charge is 0.309 e. The zero-order valence-corrected chi connectivity index (χ0v) is 47.6. The molecule has 14 aromatic rings. The van der Waals surface area contributed by atoms with E-state index in [0.29, 0.717) is 11.8 Å². The van der Waals surface area contributed by atoms with Gasteiger partial charge in [0.25, 0.3) is 0 Å². The maximum absolute atomic E-state index is 4.56. The first-order chi connectivity index (χ1) is 39.6. The predicted octanol–water partition coefficient (Wildman–Crippen LogP) is 21.7. The molecule has 0 amide bonds. The molecule has 0 aliphatic carbocycles. The molecule has 9 aromatic carbocycles. The second-order valence-corrected chi connectivity index (χ2v) is 20.1. The molecule has 6 heteroatoms. The fraction of sp³-hybridized carbons (Fsp3) is 0.127. The van der Waals surface area contributed by atoms with Crippen molar-refractivity contribution < 1.29 is 20.1 Å². The third-order valence-electron chi connectivity index (χ3n) is 15.1. The van der Waals surface area contributed by atoms with Crippen molar-refractivity contribution >= 4 is 43.6 Å². The molecular formula is C79H74IrN5. The van der Waals surface area contributed by atoms with Crippen LogP contribution in [0.3, 0.4) is 0 Å². The largest absolute Gasteiger partial charge is 3.00 e. The van der Waals surface area contributed by atoms with Crippen molar-refractivity contribution in [3.63, 3.8) is 0 Å². The van der Waals surface area contributed by atoms with E-state index in [1.807, 2.05) is 109 Å². The molecule has 0 saturated heterocycles. The number of aromatic nitrogens is 5. The minimum Gasteiger partial charge on any atom is -0.309 e. The van der Waals surface area contributed by atoms with Crippen LogP contribution in [0.4, 0.5) is 0 Å². The quantitative estimate of drug-likeness (QED) is 0.121. The fourth-order valence-corrected chi connectivity index (χ4v) is 11.0. The molecule has 5 heterocycles. The van der Waals surface area contributed by atoms with Crippen molar-refractivity contribution in [2.24, 2.45) is 0 Å². The summed E-state index contributed by atoms with van der Waals surface area (Å²) in [5, 5.41) is 5.15. The Bertz CT molecular complexity index is 4090. The Hall–Kier alpha value is -9.32. The van der Waals surface area contributed by atoms with Gasteiger partial charge in [-0.05, 0) is 131 Å². The van der Waals surface area contributed by atoms with E-state index in [2.05, 4.69) is 214 Å². The molecule has 5 nitrogen and oxygen atoms in total. The van der Waals surface area contributed by atoms with Crippen LogP contribution in [0.2, 0.25) is 0 Å². The standard InChI is InChI=1S/C53H42N3.2C11H8N.4CH4.Ir/c1-3-37(33-36(2)40-13-12-14-42(34-40)49-18-10-11-32-54-49)41-26-31-53-48(35-41)47-17-6-9-21-52(47)56(53)44-29-24-39(25-30-44)38-22-27-43(28-23-38)55-50-19-7-4-15-45(50)46-16-5-8-20-51(46)55;2*1-2-6-10(7-3-1)11-8-4-5-9-12-11;;;;;/h4-13,15-32,34-37H,3,33H2,1-2H3;2*1-6,8-9H;4*1H4;/q3*-1;;;;;+3. The molecule has 424 valence electrons. The zero-order chi connectivity index (χ0) is 54.0. The fourth-order valence-electron chi connectivity index (χ4n) is 11.0. The molecule has 0 spiro atoms. The minimum absolute atomic E-state index is 0. The minimum atomic E-state index is 0. The SMILES string of the molecule is C.C.C.C.CCC(CC(C)c1cc[c-]c(-c2ccccn2)c1)c1ccc2c(c1)c1ccccc1n2-c1ccc(-c2ccc(-n3c4ccccc4c4ccccc43)cc2)cc1.[Ir+3].[c-]1ccccc1-c1ccccn1.[c-]1ccccc1-c1ccccn1. The number of fused-ring (bicyclic) bond motifs is 6. The molecule has 2 unspecified atom stereocenters. The van der Waals surface area contributed by atoms with Gasteiger partial charge >= 0.3 is 20.1 Å². The number of pyridine rings is 3. The number of hydrogen-bond donors (Lipinski definition) is 0. The molecule has 0 aliphatic rings. The molecule has 0 saturated carbocycles. The van der Waals surface area contributed by atoms with Crippen LogP contribution < -0.4 is 0 Å². The Labute approximate surface area is 517 Å². The van der Waals surface area contributed by atoms with E-state index in [1.165, 1.54) is 77.2 Å². The summed E-state index contributed by atoms with van der Waals surface area (Å²) < 4.78 is 4.79. The van der Waals surface area contributed by atoms with E-state index >= 15 is 0 Å². The first kappa shape index (κ1) is 63.3. The summed E-state index contributed by atoms with van der Waals surface area (Å²) in [6, 6.07) is 101. The average Bonchev–Trinajstić information content (AvgIpc) is 1.89. The summed E-state index contributed by atoms with van der Waals surface area (Å²) in [6.07, 6.45) is 7.59. The third kappa shape index (κ3) is 13.9. The number of benzene rings is 9. The first-order valence-electron chi connectivity index (χ1n) is 27.5. The van der Waals surface area contributed by atoms with E-state index in [-0.39, 0.29) is 49.8 Å². The van der Waals surface area contributed by atoms with Crippen LogP contribution in [0.25, 0.3) is 99.9 Å². The summed E-state index contributed by atoms with van der Waals surface area (Å²) in [6.45, 7) is 4.68. The molecular weight excluding hydrogens is 1210 g/mol. The van der Waals surface area contributed by atoms with E-state index in [9.17, 15) is 0 Å². The second-order valence-electron chi connectivity index (χ2n) is 20.1. The Balaban J connectivity index is 0.000000295. The zero-order valence-electron chi connectivity index (χ0n) is 45.2. The number of hydrogen-bond acceptors (Lipinski definition) is 3. The van der Waals surface area contributed by atoms with Crippen LogP contribution in [0.5, 0.6) is 0 Å². The van der Waals surface area contributed by atoms with Gasteiger partial charge in [0, 0.05) is 51.5 Å². The van der Waals surface area contributed by atoms with Crippen LogP contribution in [0.15, 0.2) is 279 Å². The summed E-state index contributed by atoms with van der Waals surface area (Å²) >= 11 is 0. The Morgan fingerprint density at radius 1 is 0.365 bits per heavy atom. The summed E-state index contributed by atoms with van der Waals surface area (Å²) in [5.74, 6) is 0.844. The molecule has 5 aromatic heterocycles.